The third kappa shape index (κ3) is 4.54. The first-order valence-electron chi connectivity index (χ1n) is 9.59. The molecule has 1 aromatic carbocycles. The number of aryl methyl sites for hydroxylation is 1. The standard InChI is InChI=1S/C20H26N4O2S/c1-16-21-22-18(27-16)15-23-9-7-20(8-10-23)13-19(25)24(11-12-26-20)14-17-5-3-2-4-6-17/h2-6H,7-15H2,1H3. The Labute approximate surface area is 164 Å². The number of amides is 1. The van der Waals surface area contributed by atoms with Crippen LogP contribution in [0, 0.1) is 6.92 Å². The SMILES string of the molecule is Cc1nnc(CN2CCC3(CC2)CC(=O)N(Cc2ccccc2)CCO3)s1. The van der Waals surface area contributed by atoms with Crippen LogP contribution in [-0.2, 0) is 22.6 Å². The van der Waals surface area contributed by atoms with Crippen LogP contribution in [0.1, 0.15) is 34.8 Å². The van der Waals surface area contributed by atoms with Gasteiger partial charge in [-0.25, -0.2) is 0 Å². The van der Waals surface area contributed by atoms with E-state index in [1.807, 2.05) is 30.0 Å². The van der Waals surface area contributed by atoms with Gasteiger partial charge in [0.05, 0.1) is 25.2 Å². The second kappa shape index (κ2) is 8.04. The number of aromatic nitrogens is 2. The Morgan fingerprint density at radius 3 is 2.59 bits per heavy atom. The van der Waals surface area contributed by atoms with E-state index < -0.39 is 0 Å². The van der Waals surface area contributed by atoms with E-state index in [4.69, 9.17) is 4.74 Å². The molecule has 2 saturated heterocycles. The summed E-state index contributed by atoms with van der Waals surface area (Å²) in [5, 5.41) is 10.4. The molecule has 27 heavy (non-hydrogen) atoms. The molecule has 0 saturated carbocycles. The van der Waals surface area contributed by atoms with Gasteiger partial charge in [0, 0.05) is 26.2 Å². The number of nitrogens with zero attached hydrogens (tertiary/aromatic N) is 4. The van der Waals surface area contributed by atoms with Crippen molar-refractivity contribution in [1.29, 1.82) is 0 Å². The average molecular weight is 387 g/mol. The lowest BCUT2D eigenvalue weighted by Crippen LogP contribution is -2.47. The van der Waals surface area contributed by atoms with Crippen molar-refractivity contribution in [3.63, 3.8) is 0 Å². The Bertz CT molecular complexity index is 771. The molecule has 0 aliphatic carbocycles. The fraction of sp³-hybridized carbons (Fsp3) is 0.550. The third-order valence-electron chi connectivity index (χ3n) is 5.51. The van der Waals surface area contributed by atoms with E-state index in [2.05, 4.69) is 27.2 Å². The van der Waals surface area contributed by atoms with Gasteiger partial charge in [0.1, 0.15) is 10.0 Å². The van der Waals surface area contributed by atoms with Crippen molar-refractivity contribution in [2.75, 3.05) is 26.2 Å². The summed E-state index contributed by atoms with van der Waals surface area (Å²) in [6.07, 6.45) is 2.29. The van der Waals surface area contributed by atoms with E-state index in [-0.39, 0.29) is 11.5 Å². The Morgan fingerprint density at radius 1 is 1.11 bits per heavy atom. The van der Waals surface area contributed by atoms with Crippen LogP contribution in [0.25, 0.3) is 0 Å². The largest absolute Gasteiger partial charge is 0.373 e. The molecule has 3 heterocycles. The van der Waals surface area contributed by atoms with Crippen LogP contribution in [0.15, 0.2) is 30.3 Å². The minimum atomic E-state index is -0.296. The van der Waals surface area contributed by atoms with E-state index in [1.54, 1.807) is 11.3 Å². The number of hydrogen-bond donors (Lipinski definition) is 0. The molecule has 6 nitrogen and oxygen atoms in total. The molecule has 0 unspecified atom stereocenters. The normalized spacial score (nSPS) is 20.8. The van der Waals surface area contributed by atoms with Gasteiger partial charge < -0.3 is 9.64 Å². The molecule has 0 radical (unpaired) electrons. The number of hydrogen-bond acceptors (Lipinski definition) is 6. The minimum absolute atomic E-state index is 0.213. The molecular formula is C20H26N4O2S. The Kier molecular flexibility index (Phi) is 5.52. The summed E-state index contributed by atoms with van der Waals surface area (Å²) in [6.45, 7) is 6.66. The highest BCUT2D eigenvalue weighted by Crippen LogP contribution is 2.33. The molecule has 1 spiro atoms. The van der Waals surface area contributed by atoms with Crippen LogP contribution in [0.3, 0.4) is 0 Å². The number of likely N-dealkylation sites (tertiary alicyclic amines) is 1. The first-order valence-corrected chi connectivity index (χ1v) is 10.4. The van der Waals surface area contributed by atoms with Gasteiger partial charge in [-0.2, -0.15) is 0 Å². The fourth-order valence-corrected chi connectivity index (χ4v) is 4.69. The first-order chi connectivity index (χ1) is 13.1. The van der Waals surface area contributed by atoms with Gasteiger partial charge in [-0.05, 0) is 25.3 Å². The topological polar surface area (TPSA) is 58.6 Å². The van der Waals surface area contributed by atoms with Crippen molar-refractivity contribution in [3.05, 3.63) is 45.9 Å². The highest BCUT2D eigenvalue weighted by atomic mass is 32.1. The molecule has 2 aromatic rings. The van der Waals surface area contributed by atoms with Crippen LogP contribution in [0.2, 0.25) is 0 Å². The van der Waals surface area contributed by atoms with Gasteiger partial charge in [0.2, 0.25) is 5.91 Å². The molecule has 0 N–H and O–H groups in total. The number of benzene rings is 1. The minimum Gasteiger partial charge on any atom is -0.373 e. The van der Waals surface area contributed by atoms with Crippen LogP contribution in [0.5, 0.6) is 0 Å². The lowest BCUT2D eigenvalue weighted by Gasteiger charge is -2.40. The molecule has 0 atom stereocenters. The van der Waals surface area contributed by atoms with Gasteiger partial charge in [0.25, 0.3) is 0 Å². The molecule has 2 fully saturated rings. The van der Waals surface area contributed by atoms with Crippen molar-refractivity contribution < 1.29 is 9.53 Å². The Morgan fingerprint density at radius 2 is 1.89 bits per heavy atom. The first kappa shape index (κ1) is 18.5. The second-order valence-electron chi connectivity index (χ2n) is 7.50. The summed E-state index contributed by atoms with van der Waals surface area (Å²) in [6, 6.07) is 10.2. The number of carbonyl (C=O) groups is 1. The Balaban J connectivity index is 1.34. The highest BCUT2D eigenvalue weighted by molar-refractivity contribution is 7.11. The average Bonchev–Trinajstić information content (AvgIpc) is 3.02. The fourth-order valence-electron chi connectivity index (χ4n) is 3.94. The zero-order chi connectivity index (χ0) is 18.7. The molecule has 7 heteroatoms. The van der Waals surface area contributed by atoms with Crippen LogP contribution < -0.4 is 0 Å². The molecular weight excluding hydrogens is 360 g/mol. The summed E-state index contributed by atoms with van der Waals surface area (Å²) >= 11 is 1.66. The zero-order valence-corrected chi connectivity index (χ0v) is 16.6. The quantitative estimate of drug-likeness (QED) is 0.808. The van der Waals surface area contributed by atoms with E-state index in [9.17, 15) is 4.79 Å². The summed E-state index contributed by atoms with van der Waals surface area (Å²) in [4.78, 5) is 17.2. The summed E-state index contributed by atoms with van der Waals surface area (Å²) in [7, 11) is 0. The number of ether oxygens (including phenoxy) is 1. The predicted octanol–water partition coefficient (Wildman–Crippen LogP) is 2.63. The monoisotopic (exact) mass is 386 g/mol. The number of piperidine rings is 1. The van der Waals surface area contributed by atoms with E-state index in [1.165, 1.54) is 5.56 Å². The smallest absolute Gasteiger partial charge is 0.225 e. The molecule has 1 aromatic heterocycles. The molecule has 2 aliphatic rings. The van der Waals surface area contributed by atoms with Crippen molar-refractivity contribution in [3.8, 4) is 0 Å². The number of carbonyl (C=O) groups excluding carboxylic acids is 1. The van der Waals surface area contributed by atoms with E-state index >= 15 is 0 Å². The van der Waals surface area contributed by atoms with Crippen LogP contribution >= 0.6 is 11.3 Å². The van der Waals surface area contributed by atoms with Crippen molar-refractivity contribution in [2.24, 2.45) is 0 Å². The molecule has 144 valence electrons. The lowest BCUT2D eigenvalue weighted by atomic mass is 9.87. The van der Waals surface area contributed by atoms with Gasteiger partial charge in [-0.1, -0.05) is 30.3 Å². The number of rotatable bonds is 4. The van der Waals surface area contributed by atoms with Gasteiger partial charge >= 0.3 is 0 Å². The molecule has 0 bridgehead atoms. The predicted molar refractivity (Wildman–Crippen MR) is 104 cm³/mol. The maximum Gasteiger partial charge on any atom is 0.225 e. The highest BCUT2D eigenvalue weighted by Gasteiger charge is 2.40. The summed E-state index contributed by atoms with van der Waals surface area (Å²) < 4.78 is 6.26. The van der Waals surface area contributed by atoms with Crippen LogP contribution in [0.4, 0.5) is 0 Å². The summed E-state index contributed by atoms with van der Waals surface area (Å²) in [5.74, 6) is 0.213. The summed E-state index contributed by atoms with van der Waals surface area (Å²) in [5.41, 5.74) is 0.875. The lowest BCUT2D eigenvalue weighted by molar-refractivity contribution is -0.136. The van der Waals surface area contributed by atoms with Crippen molar-refractivity contribution >= 4 is 17.2 Å². The second-order valence-corrected chi connectivity index (χ2v) is 8.77. The maximum atomic E-state index is 12.9. The third-order valence-corrected chi connectivity index (χ3v) is 6.33. The van der Waals surface area contributed by atoms with Gasteiger partial charge in [-0.15, -0.1) is 21.5 Å². The van der Waals surface area contributed by atoms with Crippen molar-refractivity contribution in [1.82, 2.24) is 20.0 Å². The molecule has 2 aliphatic heterocycles. The maximum absolute atomic E-state index is 12.9. The van der Waals surface area contributed by atoms with Gasteiger partial charge in [-0.3, -0.25) is 9.69 Å². The molecule has 1 amide bonds. The van der Waals surface area contributed by atoms with Crippen molar-refractivity contribution in [2.45, 2.75) is 44.9 Å². The molecule has 4 rings (SSSR count). The van der Waals surface area contributed by atoms with Crippen LogP contribution in [-0.4, -0.2) is 57.7 Å². The van der Waals surface area contributed by atoms with E-state index in [0.717, 1.165) is 42.5 Å². The van der Waals surface area contributed by atoms with Gasteiger partial charge in [0.15, 0.2) is 0 Å². The van der Waals surface area contributed by atoms with E-state index in [0.29, 0.717) is 26.1 Å². The Hall–Kier alpha value is -1.83. The zero-order valence-electron chi connectivity index (χ0n) is 15.8.